The number of rotatable bonds is 0. The molecule has 1 aliphatic heterocycles. The topological polar surface area (TPSA) is 38.0 Å². The highest BCUT2D eigenvalue weighted by Crippen LogP contribution is 1.98. The van der Waals surface area contributed by atoms with Gasteiger partial charge < -0.3 is 11.1 Å². The van der Waals surface area contributed by atoms with Gasteiger partial charge in [-0.05, 0) is 5.57 Å². The molecule has 0 amide bonds. The molecule has 1 rings (SSSR count). The molecule has 1 saturated heterocycles. The summed E-state index contributed by atoms with van der Waals surface area (Å²) in [5.74, 6) is 0. The zero-order valence-corrected chi connectivity index (χ0v) is 4.28. The molecule has 0 radical (unpaired) electrons. The van der Waals surface area contributed by atoms with Crippen LogP contribution >= 0.6 is 0 Å². The molecular formula is C5H10N2. The summed E-state index contributed by atoms with van der Waals surface area (Å²) in [6.07, 6.45) is 0. The molecule has 1 aliphatic rings. The Morgan fingerprint density at radius 2 is 2.57 bits per heavy atom. The highest BCUT2D eigenvalue weighted by molar-refractivity contribution is 5.11. The molecule has 1 fully saturated rings. The number of nitrogens with two attached hydrogens (primary N) is 1. The van der Waals surface area contributed by atoms with Gasteiger partial charge in [0.2, 0.25) is 0 Å². The molecule has 7 heavy (non-hydrogen) atoms. The summed E-state index contributed by atoms with van der Waals surface area (Å²) in [6, 6.07) is 0.208. The highest BCUT2D eigenvalue weighted by Gasteiger charge is 2.11. The van der Waals surface area contributed by atoms with Gasteiger partial charge in [0, 0.05) is 19.1 Å². The van der Waals surface area contributed by atoms with Crippen LogP contribution in [0, 0.1) is 0 Å². The van der Waals surface area contributed by atoms with Gasteiger partial charge in [-0.15, -0.1) is 0 Å². The Bertz CT molecular complexity index is 88.1. The van der Waals surface area contributed by atoms with Crippen molar-refractivity contribution >= 4 is 0 Å². The standard InChI is InChI=1S/C5H10N2/c1-4-2-7-3-5(4)6/h5,7H,1-3,6H2. The van der Waals surface area contributed by atoms with E-state index in [9.17, 15) is 0 Å². The van der Waals surface area contributed by atoms with Crippen molar-refractivity contribution in [1.82, 2.24) is 5.32 Å². The molecule has 0 aromatic rings. The molecule has 0 aliphatic carbocycles. The summed E-state index contributed by atoms with van der Waals surface area (Å²) in [7, 11) is 0. The maximum atomic E-state index is 5.52. The Labute approximate surface area is 43.4 Å². The fourth-order valence-electron chi connectivity index (χ4n) is 0.664. The van der Waals surface area contributed by atoms with Gasteiger partial charge in [-0.3, -0.25) is 0 Å². The van der Waals surface area contributed by atoms with Crippen LogP contribution in [0.1, 0.15) is 0 Å². The van der Waals surface area contributed by atoms with Crippen molar-refractivity contribution in [2.24, 2.45) is 5.73 Å². The lowest BCUT2D eigenvalue weighted by atomic mass is 10.2. The van der Waals surface area contributed by atoms with Gasteiger partial charge in [-0.25, -0.2) is 0 Å². The van der Waals surface area contributed by atoms with E-state index in [1.807, 2.05) is 0 Å². The van der Waals surface area contributed by atoms with Gasteiger partial charge >= 0.3 is 0 Å². The minimum Gasteiger partial charge on any atom is -0.323 e. The summed E-state index contributed by atoms with van der Waals surface area (Å²) >= 11 is 0. The lowest BCUT2D eigenvalue weighted by molar-refractivity contribution is 0.785. The molecule has 0 bridgehead atoms. The molecule has 1 unspecified atom stereocenters. The molecule has 2 heteroatoms. The Morgan fingerprint density at radius 3 is 2.71 bits per heavy atom. The van der Waals surface area contributed by atoms with Crippen LogP contribution in [-0.2, 0) is 0 Å². The molecule has 2 nitrogen and oxygen atoms in total. The molecule has 0 spiro atoms. The van der Waals surface area contributed by atoms with E-state index in [-0.39, 0.29) is 6.04 Å². The monoisotopic (exact) mass is 98.1 g/mol. The van der Waals surface area contributed by atoms with Crippen LogP contribution in [0.3, 0.4) is 0 Å². The van der Waals surface area contributed by atoms with Crippen LogP contribution in [-0.4, -0.2) is 19.1 Å². The molecule has 40 valence electrons. The Balaban J connectivity index is 2.48. The molecule has 3 N–H and O–H groups in total. The second-order valence-electron chi connectivity index (χ2n) is 1.90. The molecule has 1 heterocycles. The second-order valence-corrected chi connectivity index (χ2v) is 1.90. The van der Waals surface area contributed by atoms with Crippen molar-refractivity contribution in [2.75, 3.05) is 13.1 Å². The highest BCUT2D eigenvalue weighted by atomic mass is 14.9. The van der Waals surface area contributed by atoms with Crippen LogP contribution in [0.25, 0.3) is 0 Å². The van der Waals surface area contributed by atoms with Gasteiger partial charge in [0.05, 0.1) is 0 Å². The third-order valence-corrected chi connectivity index (χ3v) is 1.24. The molecular weight excluding hydrogens is 88.1 g/mol. The second kappa shape index (κ2) is 1.64. The first-order valence-corrected chi connectivity index (χ1v) is 2.44. The Kier molecular flexibility index (Phi) is 1.13. The van der Waals surface area contributed by atoms with Gasteiger partial charge in [-0.1, -0.05) is 6.58 Å². The van der Waals surface area contributed by atoms with Crippen LogP contribution in [0.2, 0.25) is 0 Å². The average Bonchev–Trinajstić information content (AvgIpc) is 1.91. The van der Waals surface area contributed by atoms with Crippen LogP contribution in [0.4, 0.5) is 0 Å². The minimum absolute atomic E-state index is 0.208. The first-order chi connectivity index (χ1) is 3.30. The zero-order valence-electron chi connectivity index (χ0n) is 4.28. The van der Waals surface area contributed by atoms with E-state index in [1.165, 1.54) is 0 Å². The summed E-state index contributed by atoms with van der Waals surface area (Å²) in [4.78, 5) is 0. The van der Waals surface area contributed by atoms with Gasteiger partial charge in [0.1, 0.15) is 0 Å². The Hall–Kier alpha value is -0.340. The molecule has 0 saturated carbocycles. The molecule has 0 aromatic heterocycles. The maximum absolute atomic E-state index is 5.52. The number of nitrogens with one attached hydrogen (secondary N) is 1. The Morgan fingerprint density at radius 1 is 1.86 bits per heavy atom. The van der Waals surface area contributed by atoms with Crippen LogP contribution in [0.5, 0.6) is 0 Å². The summed E-state index contributed by atoms with van der Waals surface area (Å²) < 4.78 is 0. The quantitative estimate of drug-likeness (QED) is 0.400. The third-order valence-electron chi connectivity index (χ3n) is 1.24. The van der Waals surface area contributed by atoms with Crippen molar-refractivity contribution in [2.45, 2.75) is 6.04 Å². The fourth-order valence-corrected chi connectivity index (χ4v) is 0.664. The maximum Gasteiger partial charge on any atom is 0.0390 e. The van der Waals surface area contributed by atoms with Crippen LogP contribution in [0.15, 0.2) is 12.2 Å². The van der Waals surface area contributed by atoms with Crippen molar-refractivity contribution in [3.05, 3.63) is 12.2 Å². The van der Waals surface area contributed by atoms with Gasteiger partial charge in [0.15, 0.2) is 0 Å². The summed E-state index contributed by atoms with van der Waals surface area (Å²) in [6.45, 7) is 5.55. The SMILES string of the molecule is C=C1CNCC1N. The predicted octanol–water partition coefficient (Wildman–Crippen LogP) is -0.527. The first kappa shape index (κ1) is 4.81. The zero-order chi connectivity index (χ0) is 5.28. The molecule has 0 aromatic carbocycles. The van der Waals surface area contributed by atoms with E-state index in [0.717, 1.165) is 18.7 Å². The largest absolute Gasteiger partial charge is 0.323 e. The van der Waals surface area contributed by atoms with Gasteiger partial charge in [0.25, 0.3) is 0 Å². The van der Waals surface area contributed by atoms with Crippen molar-refractivity contribution < 1.29 is 0 Å². The lowest BCUT2D eigenvalue weighted by Crippen LogP contribution is -2.23. The van der Waals surface area contributed by atoms with Crippen molar-refractivity contribution in [1.29, 1.82) is 0 Å². The van der Waals surface area contributed by atoms with E-state index in [1.54, 1.807) is 0 Å². The van der Waals surface area contributed by atoms with Crippen molar-refractivity contribution in [3.63, 3.8) is 0 Å². The normalized spacial score (nSPS) is 31.6. The van der Waals surface area contributed by atoms with Crippen molar-refractivity contribution in [3.8, 4) is 0 Å². The van der Waals surface area contributed by atoms with E-state index < -0.39 is 0 Å². The molecule has 1 atom stereocenters. The summed E-state index contributed by atoms with van der Waals surface area (Å²) in [5.41, 5.74) is 6.64. The first-order valence-electron chi connectivity index (χ1n) is 2.44. The third kappa shape index (κ3) is 0.813. The van der Waals surface area contributed by atoms with E-state index in [4.69, 9.17) is 5.73 Å². The number of hydrogen-bond acceptors (Lipinski definition) is 2. The lowest BCUT2D eigenvalue weighted by Gasteiger charge is -1.96. The van der Waals surface area contributed by atoms with E-state index >= 15 is 0 Å². The van der Waals surface area contributed by atoms with Crippen LogP contribution < -0.4 is 11.1 Å². The smallest absolute Gasteiger partial charge is 0.0390 e. The number of hydrogen-bond donors (Lipinski definition) is 2. The fraction of sp³-hybridized carbons (Fsp3) is 0.600. The predicted molar refractivity (Wildman–Crippen MR) is 30.0 cm³/mol. The van der Waals surface area contributed by atoms with E-state index in [2.05, 4.69) is 11.9 Å². The van der Waals surface area contributed by atoms with E-state index in [0.29, 0.717) is 0 Å². The van der Waals surface area contributed by atoms with Gasteiger partial charge in [-0.2, -0.15) is 0 Å². The average molecular weight is 98.1 g/mol. The summed E-state index contributed by atoms with van der Waals surface area (Å²) in [5, 5.41) is 3.10. The minimum atomic E-state index is 0.208.